The van der Waals surface area contributed by atoms with Gasteiger partial charge in [-0.15, -0.1) is 5.10 Å². The highest BCUT2D eigenvalue weighted by molar-refractivity contribution is 8.00. The number of carbonyl (C=O) groups excluding carboxylic acids is 1. The van der Waals surface area contributed by atoms with Crippen molar-refractivity contribution in [2.45, 2.75) is 43.0 Å². The predicted octanol–water partition coefficient (Wildman–Crippen LogP) is 4.88. The lowest BCUT2D eigenvalue weighted by atomic mass is 10.1. The van der Waals surface area contributed by atoms with E-state index in [9.17, 15) is 4.79 Å². The summed E-state index contributed by atoms with van der Waals surface area (Å²) in [6.07, 6.45) is 4.37. The van der Waals surface area contributed by atoms with E-state index < -0.39 is 0 Å². The van der Waals surface area contributed by atoms with Gasteiger partial charge in [0.15, 0.2) is 5.82 Å². The molecule has 2 aromatic carbocycles. The summed E-state index contributed by atoms with van der Waals surface area (Å²) in [7, 11) is 0. The van der Waals surface area contributed by atoms with Crippen LogP contribution >= 0.6 is 11.8 Å². The first-order chi connectivity index (χ1) is 14.2. The molecule has 3 aromatic rings. The Kier molecular flexibility index (Phi) is 6.30. The molecule has 5 nitrogen and oxygen atoms in total. The van der Waals surface area contributed by atoms with Crippen molar-refractivity contribution in [3.63, 3.8) is 0 Å². The van der Waals surface area contributed by atoms with E-state index in [0.29, 0.717) is 5.16 Å². The number of benzene rings is 2. The van der Waals surface area contributed by atoms with Crippen LogP contribution in [-0.2, 0) is 11.2 Å². The molecule has 0 bridgehead atoms. The van der Waals surface area contributed by atoms with Crippen LogP contribution in [0.25, 0.3) is 11.4 Å². The number of H-pyrrole nitrogens is 1. The van der Waals surface area contributed by atoms with Gasteiger partial charge in [0.05, 0.1) is 0 Å². The molecule has 1 fully saturated rings. The van der Waals surface area contributed by atoms with Crippen molar-refractivity contribution >= 4 is 17.7 Å². The van der Waals surface area contributed by atoms with Crippen LogP contribution in [0, 0.1) is 0 Å². The van der Waals surface area contributed by atoms with Gasteiger partial charge >= 0.3 is 0 Å². The summed E-state index contributed by atoms with van der Waals surface area (Å²) < 4.78 is 0. The first-order valence-corrected chi connectivity index (χ1v) is 11.1. The summed E-state index contributed by atoms with van der Waals surface area (Å²) in [6.45, 7) is 3.82. The second-order valence-corrected chi connectivity index (χ2v) is 8.38. The van der Waals surface area contributed by atoms with E-state index in [1.54, 1.807) is 0 Å². The van der Waals surface area contributed by atoms with Gasteiger partial charge in [-0.2, -0.15) is 0 Å². The van der Waals surface area contributed by atoms with Crippen LogP contribution < -0.4 is 0 Å². The van der Waals surface area contributed by atoms with Gasteiger partial charge in [-0.25, -0.2) is 4.98 Å². The van der Waals surface area contributed by atoms with Crippen LogP contribution in [0.1, 0.15) is 42.6 Å². The van der Waals surface area contributed by atoms with Gasteiger partial charge in [-0.05, 0) is 36.8 Å². The number of aromatic amines is 1. The first-order valence-electron chi connectivity index (χ1n) is 10.3. The third-order valence-corrected chi connectivity index (χ3v) is 6.42. The second kappa shape index (κ2) is 9.27. The van der Waals surface area contributed by atoms with Crippen LogP contribution in [0.2, 0.25) is 0 Å². The van der Waals surface area contributed by atoms with Gasteiger partial charge in [0, 0.05) is 18.7 Å². The van der Waals surface area contributed by atoms with Crippen molar-refractivity contribution in [2.75, 3.05) is 13.1 Å². The number of nitrogens with zero attached hydrogens (tertiary/aromatic N) is 3. The molecule has 1 unspecified atom stereocenters. The third kappa shape index (κ3) is 4.70. The Hall–Kier alpha value is -2.60. The zero-order valence-electron chi connectivity index (χ0n) is 16.7. The maximum absolute atomic E-state index is 13.3. The zero-order chi connectivity index (χ0) is 20.1. The van der Waals surface area contributed by atoms with E-state index in [-0.39, 0.29) is 11.2 Å². The van der Waals surface area contributed by atoms with E-state index >= 15 is 0 Å². The summed E-state index contributed by atoms with van der Waals surface area (Å²) >= 11 is 1.42. The maximum atomic E-state index is 13.3. The molecule has 1 amide bonds. The molecular formula is C23H26N4OS. The molecule has 4 rings (SSSR count). The average Bonchev–Trinajstić information content (AvgIpc) is 3.27. The number of thioether (sulfide) groups is 1. The Bertz CT molecular complexity index is 933. The molecule has 0 aliphatic carbocycles. The summed E-state index contributed by atoms with van der Waals surface area (Å²) in [5.74, 6) is 0.881. The van der Waals surface area contributed by atoms with Gasteiger partial charge in [-0.3, -0.25) is 9.89 Å². The molecule has 1 aromatic heterocycles. The van der Waals surface area contributed by atoms with E-state index in [0.717, 1.165) is 49.3 Å². The molecule has 6 heteroatoms. The van der Waals surface area contributed by atoms with Crippen molar-refractivity contribution < 1.29 is 4.79 Å². The number of rotatable bonds is 6. The third-order valence-electron chi connectivity index (χ3n) is 5.32. The predicted molar refractivity (Wildman–Crippen MR) is 117 cm³/mol. The van der Waals surface area contributed by atoms with Gasteiger partial charge in [-0.1, -0.05) is 73.3 Å². The lowest BCUT2D eigenvalue weighted by molar-refractivity contribution is -0.131. The highest BCUT2D eigenvalue weighted by Crippen LogP contribution is 2.36. The number of aromatic nitrogens is 3. The smallest absolute Gasteiger partial charge is 0.240 e. The van der Waals surface area contributed by atoms with Gasteiger partial charge in [0.25, 0.3) is 0 Å². The minimum atomic E-state index is -0.333. The van der Waals surface area contributed by atoms with Gasteiger partial charge in [0.2, 0.25) is 11.1 Å². The Morgan fingerprint density at radius 3 is 2.48 bits per heavy atom. The number of likely N-dealkylation sites (tertiary alicyclic amines) is 1. The van der Waals surface area contributed by atoms with E-state index in [2.05, 4.69) is 46.4 Å². The van der Waals surface area contributed by atoms with Gasteiger partial charge < -0.3 is 4.90 Å². The summed E-state index contributed by atoms with van der Waals surface area (Å²) in [5.41, 5.74) is 3.28. The molecule has 1 N–H and O–H groups in total. The highest BCUT2D eigenvalue weighted by atomic mass is 32.2. The Morgan fingerprint density at radius 1 is 1.07 bits per heavy atom. The summed E-state index contributed by atoms with van der Waals surface area (Å²) in [5, 5.41) is 7.68. The van der Waals surface area contributed by atoms with E-state index in [4.69, 9.17) is 0 Å². The molecule has 1 atom stereocenters. The monoisotopic (exact) mass is 406 g/mol. The maximum Gasteiger partial charge on any atom is 0.240 e. The fourth-order valence-corrected chi connectivity index (χ4v) is 4.60. The lowest BCUT2D eigenvalue weighted by Gasteiger charge is -2.30. The van der Waals surface area contributed by atoms with Crippen LogP contribution in [0.4, 0.5) is 0 Å². The Labute approximate surface area is 175 Å². The number of hydrogen-bond donors (Lipinski definition) is 1. The fourth-order valence-electron chi connectivity index (χ4n) is 3.60. The molecule has 1 aliphatic heterocycles. The molecule has 29 heavy (non-hydrogen) atoms. The first kappa shape index (κ1) is 19.7. The summed E-state index contributed by atoms with van der Waals surface area (Å²) in [4.78, 5) is 19.9. The summed E-state index contributed by atoms with van der Waals surface area (Å²) in [6, 6.07) is 18.3. The van der Waals surface area contributed by atoms with E-state index in [1.165, 1.54) is 23.7 Å². The molecule has 1 saturated heterocycles. The number of amides is 1. The van der Waals surface area contributed by atoms with E-state index in [1.807, 2.05) is 35.2 Å². The SMILES string of the molecule is CCc1ccc(-c2nc(SC(C(=O)N3CCCCC3)c3ccccc3)n[nH]2)cc1. The molecule has 0 radical (unpaired) electrons. The van der Waals surface area contributed by atoms with Crippen LogP contribution in [-0.4, -0.2) is 39.1 Å². The number of aryl methyl sites for hydroxylation is 1. The van der Waals surface area contributed by atoms with Crippen molar-refractivity contribution in [3.8, 4) is 11.4 Å². The van der Waals surface area contributed by atoms with Crippen molar-refractivity contribution in [3.05, 3.63) is 65.7 Å². The average molecular weight is 407 g/mol. The van der Waals surface area contributed by atoms with Crippen LogP contribution in [0.5, 0.6) is 0 Å². The molecule has 0 spiro atoms. The second-order valence-electron chi connectivity index (χ2n) is 7.31. The van der Waals surface area contributed by atoms with Crippen LogP contribution in [0.15, 0.2) is 59.8 Å². The van der Waals surface area contributed by atoms with Crippen molar-refractivity contribution in [1.29, 1.82) is 0 Å². The van der Waals surface area contributed by atoms with Crippen LogP contribution in [0.3, 0.4) is 0 Å². The van der Waals surface area contributed by atoms with Crippen molar-refractivity contribution in [1.82, 2.24) is 20.1 Å². The minimum Gasteiger partial charge on any atom is -0.341 e. The lowest BCUT2D eigenvalue weighted by Crippen LogP contribution is -2.38. The standard InChI is InChI=1S/C23H26N4OS/c1-2-17-11-13-19(14-12-17)21-24-23(26-25-21)29-20(18-9-5-3-6-10-18)22(28)27-15-7-4-8-16-27/h3,5-6,9-14,20H,2,4,7-8,15-16H2,1H3,(H,24,25,26). The number of hydrogen-bond acceptors (Lipinski definition) is 4. The molecule has 150 valence electrons. The normalized spacial score (nSPS) is 15.3. The van der Waals surface area contributed by atoms with Crippen molar-refractivity contribution in [2.24, 2.45) is 0 Å². The number of nitrogens with one attached hydrogen (secondary N) is 1. The number of piperidine rings is 1. The molecule has 1 aliphatic rings. The Balaban J connectivity index is 1.56. The molecule has 2 heterocycles. The zero-order valence-corrected chi connectivity index (χ0v) is 17.5. The Morgan fingerprint density at radius 2 is 1.79 bits per heavy atom. The minimum absolute atomic E-state index is 0.152. The largest absolute Gasteiger partial charge is 0.341 e. The van der Waals surface area contributed by atoms with Gasteiger partial charge in [0.1, 0.15) is 5.25 Å². The molecule has 0 saturated carbocycles. The molecular weight excluding hydrogens is 380 g/mol. The fraction of sp³-hybridized carbons (Fsp3) is 0.348. The highest BCUT2D eigenvalue weighted by Gasteiger charge is 2.29. The quantitative estimate of drug-likeness (QED) is 0.593. The number of carbonyl (C=O) groups is 1. The topological polar surface area (TPSA) is 61.9 Å².